The molecule has 1 N–H and O–H groups in total. The van der Waals surface area contributed by atoms with Crippen molar-refractivity contribution in [3.8, 4) is 0 Å². The first-order chi connectivity index (χ1) is 14.8. The third-order valence-electron chi connectivity index (χ3n) is 5.78. The van der Waals surface area contributed by atoms with Gasteiger partial charge in [0.05, 0.1) is 31.5 Å². The second kappa shape index (κ2) is 8.30. The molecule has 0 saturated carbocycles. The molecule has 1 amide bonds. The molecule has 152 valence electrons. The second-order valence-electron chi connectivity index (χ2n) is 7.76. The minimum Gasteiger partial charge on any atom is -0.379 e. The van der Waals surface area contributed by atoms with Gasteiger partial charge in [-0.3, -0.25) is 15.1 Å². The first kappa shape index (κ1) is 18.9. The number of nitrogens with one attached hydrogen (secondary N) is 1. The van der Waals surface area contributed by atoms with Crippen molar-refractivity contribution in [1.29, 1.82) is 0 Å². The molecule has 0 spiro atoms. The van der Waals surface area contributed by atoms with E-state index in [-0.39, 0.29) is 11.9 Å². The maximum absolute atomic E-state index is 13.2. The molecule has 5 nitrogen and oxygen atoms in total. The molecule has 3 aromatic rings. The lowest BCUT2D eigenvalue weighted by Gasteiger charge is -2.30. The van der Waals surface area contributed by atoms with Gasteiger partial charge in [0.25, 0.3) is 5.91 Å². The molecular formula is C25H25N3O2. The van der Waals surface area contributed by atoms with E-state index in [1.807, 2.05) is 30.3 Å². The van der Waals surface area contributed by atoms with Gasteiger partial charge in [-0.2, -0.15) is 0 Å². The zero-order valence-electron chi connectivity index (χ0n) is 16.8. The van der Waals surface area contributed by atoms with Crippen molar-refractivity contribution in [3.63, 3.8) is 0 Å². The van der Waals surface area contributed by atoms with E-state index in [0.717, 1.165) is 29.9 Å². The summed E-state index contributed by atoms with van der Waals surface area (Å²) in [5, 5.41) is 4.17. The van der Waals surface area contributed by atoms with Gasteiger partial charge in [-0.05, 0) is 34.0 Å². The predicted molar refractivity (Wildman–Crippen MR) is 118 cm³/mol. The molecule has 0 aliphatic carbocycles. The van der Waals surface area contributed by atoms with E-state index in [2.05, 4.69) is 58.9 Å². The van der Waals surface area contributed by atoms with Crippen LogP contribution in [0.2, 0.25) is 0 Å². The zero-order chi connectivity index (χ0) is 20.3. The Kier molecular flexibility index (Phi) is 5.22. The number of fused-ring (bicyclic) bond motifs is 1. The first-order valence-corrected chi connectivity index (χ1v) is 10.4. The number of nitrogens with zero attached hydrogens (tertiary/aromatic N) is 2. The number of amides is 1. The highest BCUT2D eigenvalue weighted by atomic mass is 16.5. The lowest BCUT2D eigenvalue weighted by atomic mass is 10.0. The highest BCUT2D eigenvalue weighted by Gasteiger charge is 2.31. The molecule has 2 heterocycles. The summed E-state index contributed by atoms with van der Waals surface area (Å²) in [5.41, 5.74) is 6.53. The van der Waals surface area contributed by atoms with E-state index in [1.54, 1.807) is 5.01 Å². The average molecular weight is 399 g/mol. The SMILES string of the molecule is O=C(CN1CCOCC1)N1NC(c2ccc3ccccc3c2)=C[C@H]1c1ccccc1. The molecule has 1 fully saturated rings. The van der Waals surface area contributed by atoms with Crippen molar-refractivity contribution in [2.45, 2.75) is 6.04 Å². The van der Waals surface area contributed by atoms with Crippen LogP contribution in [0.5, 0.6) is 0 Å². The monoisotopic (exact) mass is 399 g/mol. The number of hydrogen-bond donors (Lipinski definition) is 1. The van der Waals surface area contributed by atoms with Gasteiger partial charge in [0, 0.05) is 13.1 Å². The molecule has 0 aromatic heterocycles. The highest BCUT2D eigenvalue weighted by Crippen LogP contribution is 2.32. The highest BCUT2D eigenvalue weighted by molar-refractivity contribution is 5.88. The molecule has 2 aliphatic heterocycles. The summed E-state index contributed by atoms with van der Waals surface area (Å²) in [4.78, 5) is 15.4. The van der Waals surface area contributed by atoms with E-state index < -0.39 is 0 Å². The van der Waals surface area contributed by atoms with E-state index in [9.17, 15) is 4.79 Å². The third-order valence-corrected chi connectivity index (χ3v) is 5.78. The number of ether oxygens (including phenoxy) is 1. The van der Waals surface area contributed by atoms with Crippen LogP contribution >= 0.6 is 0 Å². The Morgan fingerprint density at radius 2 is 1.67 bits per heavy atom. The van der Waals surface area contributed by atoms with Gasteiger partial charge in [0.2, 0.25) is 0 Å². The van der Waals surface area contributed by atoms with E-state index in [1.165, 1.54) is 10.8 Å². The number of carbonyl (C=O) groups is 1. The number of benzene rings is 3. The van der Waals surface area contributed by atoms with E-state index in [4.69, 9.17) is 4.74 Å². The maximum Gasteiger partial charge on any atom is 0.255 e. The zero-order valence-corrected chi connectivity index (χ0v) is 16.8. The number of hydrazine groups is 1. The molecule has 5 rings (SSSR count). The smallest absolute Gasteiger partial charge is 0.255 e. The van der Waals surface area contributed by atoms with Crippen molar-refractivity contribution < 1.29 is 9.53 Å². The minimum absolute atomic E-state index is 0.0674. The van der Waals surface area contributed by atoms with Crippen LogP contribution in [0.4, 0.5) is 0 Å². The van der Waals surface area contributed by atoms with Crippen LogP contribution in [0.25, 0.3) is 16.5 Å². The summed E-state index contributed by atoms with van der Waals surface area (Å²) < 4.78 is 5.41. The van der Waals surface area contributed by atoms with E-state index in [0.29, 0.717) is 19.8 Å². The third kappa shape index (κ3) is 3.82. The fourth-order valence-electron chi connectivity index (χ4n) is 4.13. The number of morpholine rings is 1. The predicted octanol–water partition coefficient (Wildman–Crippen LogP) is 3.60. The fraction of sp³-hybridized carbons (Fsp3) is 0.240. The van der Waals surface area contributed by atoms with Crippen LogP contribution in [0.3, 0.4) is 0 Å². The van der Waals surface area contributed by atoms with Crippen molar-refractivity contribution in [2.75, 3.05) is 32.8 Å². The van der Waals surface area contributed by atoms with Crippen LogP contribution in [-0.2, 0) is 9.53 Å². The van der Waals surface area contributed by atoms with Gasteiger partial charge in [0.1, 0.15) is 0 Å². The van der Waals surface area contributed by atoms with Crippen LogP contribution < -0.4 is 5.43 Å². The molecular weight excluding hydrogens is 374 g/mol. The largest absolute Gasteiger partial charge is 0.379 e. The Morgan fingerprint density at radius 1 is 0.933 bits per heavy atom. The summed E-state index contributed by atoms with van der Waals surface area (Å²) in [5.74, 6) is 0.0674. The standard InChI is InChI=1S/C25H25N3O2/c29-25(18-27-12-14-30-15-13-27)28-24(20-7-2-1-3-8-20)17-23(26-28)22-11-10-19-6-4-5-9-21(19)16-22/h1-11,16-17,24,26H,12-15,18H2/t24-/m0/s1. The Hall–Kier alpha value is -3.15. The summed E-state index contributed by atoms with van der Waals surface area (Å²) >= 11 is 0. The topological polar surface area (TPSA) is 44.8 Å². The Balaban J connectivity index is 1.44. The van der Waals surface area contributed by atoms with Crippen molar-refractivity contribution >= 4 is 22.4 Å². The van der Waals surface area contributed by atoms with Gasteiger partial charge < -0.3 is 4.74 Å². The van der Waals surface area contributed by atoms with Crippen LogP contribution in [0.1, 0.15) is 17.2 Å². The van der Waals surface area contributed by atoms with Gasteiger partial charge >= 0.3 is 0 Å². The minimum atomic E-state index is -0.138. The molecule has 1 saturated heterocycles. The van der Waals surface area contributed by atoms with Gasteiger partial charge in [-0.1, -0.05) is 66.7 Å². The summed E-state index contributed by atoms with van der Waals surface area (Å²) in [7, 11) is 0. The van der Waals surface area contributed by atoms with Gasteiger partial charge in [-0.15, -0.1) is 0 Å². The maximum atomic E-state index is 13.2. The lowest BCUT2D eigenvalue weighted by Crippen LogP contribution is -2.48. The van der Waals surface area contributed by atoms with Gasteiger partial charge in [-0.25, -0.2) is 5.01 Å². The molecule has 0 unspecified atom stereocenters. The lowest BCUT2D eigenvalue weighted by molar-refractivity contribution is -0.136. The second-order valence-corrected chi connectivity index (χ2v) is 7.76. The molecule has 30 heavy (non-hydrogen) atoms. The summed E-state index contributed by atoms with van der Waals surface area (Å²) in [6.45, 7) is 3.34. The summed E-state index contributed by atoms with van der Waals surface area (Å²) in [6.07, 6.45) is 2.15. The number of hydrogen-bond acceptors (Lipinski definition) is 4. The fourth-order valence-corrected chi connectivity index (χ4v) is 4.13. The number of rotatable bonds is 4. The molecule has 0 bridgehead atoms. The normalized spacial score (nSPS) is 19.5. The number of carbonyl (C=O) groups excluding carboxylic acids is 1. The first-order valence-electron chi connectivity index (χ1n) is 10.4. The van der Waals surface area contributed by atoms with E-state index >= 15 is 0 Å². The average Bonchev–Trinajstić information content (AvgIpc) is 3.26. The Morgan fingerprint density at radius 3 is 2.47 bits per heavy atom. The molecule has 2 aliphatic rings. The van der Waals surface area contributed by atoms with Crippen molar-refractivity contribution in [3.05, 3.63) is 90.0 Å². The summed E-state index contributed by atoms with van der Waals surface area (Å²) in [6, 6.07) is 24.8. The van der Waals surface area contributed by atoms with Gasteiger partial charge in [0.15, 0.2) is 0 Å². The van der Waals surface area contributed by atoms with Crippen LogP contribution in [-0.4, -0.2) is 48.7 Å². The molecule has 1 atom stereocenters. The Bertz CT molecular complexity index is 1070. The molecule has 3 aromatic carbocycles. The van der Waals surface area contributed by atoms with Crippen LogP contribution in [0.15, 0.2) is 78.9 Å². The Labute approximate surface area is 176 Å². The van der Waals surface area contributed by atoms with Crippen molar-refractivity contribution in [2.24, 2.45) is 0 Å². The quantitative estimate of drug-likeness (QED) is 0.728. The molecule has 0 radical (unpaired) electrons. The molecule has 5 heteroatoms. The van der Waals surface area contributed by atoms with Crippen LogP contribution in [0, 0.1) is 0 Å². The van der Waals surface area contributed by atoms with Crippen molar-refractivity contribution in [1.82, 2.24) is 15.3 Å².